The molecule has 1 atom stereocenters. The Morgan fingerprint density at radius 3 is 2.06 bits per heavy atom. The number of aliphatic carboxylic acids is 1. The van der Waals surface area contributed by atoms with E-state index in [9.17, 15) is 9.90 Å². The number of hydrogen-bond donors (Lipinski definition) is 1. The summed E-state index contributed by atoms with van der Waals surface area (Å²) in [5.41, 5.74) is 3.18. The highest BCUT2D eigenvalue weighted by Crippen LogP contribution is 2.33. The molecule has 0 aliphatic carbocycles. The molecule has 1 aromatic carbocycles. The van der Waals surface area contributed by atoms with Crippen LogP contribution in [0.3, 0.4) is 0 Å². The van der Waals surface area contributed by atoms with Gasteiger partial charge >= 0.3 is 5.97 Å². The summed E-state index contributed by atoms with van der Waals surface area (Å²) in [6.07, 6.45) is 0. The van der Waals surface area contributed by atoms with Gasteiger partial charge in [-0.15, -0.1) is 0 Å². The van der Waals surface area contributed by atoms with Gasteiger partial charge in [0.05, 0.1) is 0 Å². The molecule has 3 heteroatoms. The van der Waals surface area contributed by atoms with Crippen molar-refractivity contribution in [3.8, 4) is 0 Å². The molecule has 0 radical (unpaired) electrons. The molecule has 3 nitrogen and oxygen atoms in total. The minimum atomic E-state index is -0.976. The first-order valence-corrected chi connectivity index (χ1v) is 6.28. The lowest BCUT2D eigenvalue weighted by Crippen LogP contribution is -2.48. The maximum absolute atomic E-state index is 11.8. The fourth-order valence-corrected chi connectivity index (χ4v) is 2.73. The van der Waals surface area contributed by atoms with E-state index in [4.69, 9.17) is 0 Å². The molecule has 0 aliphatic heterocycles. The van der Waals surface area contributed by atoms with Crippen molar-refractivity contribution in [1.82, 2.24) is 4.90 Å². The number of rotatable bonds is 4. The molecule has 1 rings (SSSR count). The number of carboxylic acids is 1. The molecule has 0 spiro atoms. The van der Waals surface area contributed by atoms with Gasteiger partial charge in [0.2, 0.25) is 0 Å². The lowest BCUT2D eigenvalue weighted by Gasteiger charge is -2.37. The molecular weight excluding hydrogens is 226 g/mol. The molecule has 1 N–H and O–H groups in total. The monoisotopic (exact) mass is 249 g/mol. The molecule has 0 amide bonds. The largest absolute Gasteiger partial charge is 0.480 e. The van der Waals surface area contributed by atoms with E-state index in [1.807, 2.05) is 51.8 Å². The molecule has 0 saturated heterocycles. The van der Waals surface area contributed by atoms with E-state index in [1.54, 1.807) is 6.92 Å². The van der Waals surface area contributed by atoms with E-state index < -0.39 is 11.5 Å². The molecule has 0 saturated carbocycles. The van der Waals surface area contributed by atoms with Crippen molar-refractivity contribution in [1.29, 1.82) is 0 Å². The average molecular weight is 249 g/mol. The Morgan fingerprint density at radius 1 is 1.28 bits per heavy atom. The molecule has 0 bridgehead atoms. The highest BCUT2D eigenvalue weighted by Gasteiger charge is 2.40. The number of nitrogens with zero attached hydrogens (tertiary/aromatic N) is 1. The third kappa shape index (κ3) is 2.27. The van der Waals surface area contributed by atoms with Crippen molar-refractivity contribution in [2.24, 2.45) is 0 Å². The minimum absolute atomic E-state index is 0.690. The topological polar surface area (TPSA) is 40.5 Å². The summed E-state index contributed by atoms with van der Waals surface area (Å²) >= 11 is 0. The summed E-state index contributed by atoms with van der Waals surface area (Å²) in [6, 6.07) is 4.10. The summed E-state index contributed by atoms with van der Waals surface area (Å²) in [5, 5.41) is 9.66. The molecule has 0 heterocycles. The van der Waals surface area contributed by atoms with Crippen LogP contribution in [0.4, 0.5) is 0 Å². The van der Waals surface area contributed by atoms with Crippen LogP contribution in [-0.4, -0.2) is 29.6 Å². The van der Waals surface area contributed by atoms with E-state index in [0.717, 1.165) is 16.7 Å². The van der Waals surface area contributed by atoms with Crippen LogP contribution in [0, 0.1) is 20.8 Å². The third-order valence-corrected chi connectivity index (χ3v) is 3.82. The highest BCUT2D eigenvalue weighted by molar-refractivity contribution is 5.81. The Balaban J connectivity index is 3.54. The van der Waals surface area contributed by atoms with Gasteiger partial charge in [0.15, 0.2) is 0 Å². The Kier molecular flexibility index (Phi) is 4.17. The molecule has 18 heavy (non-hydrogen) atoms. The second kappa shape index (κ2) is 5.11. The van der Waals surface area contributed by atoms with Crippen LogP contribution in [0.2, 0.25) is 0 Å². The number of carbonyl (C=O) groups is 1. The third-order valence-electron chi connectivity index (χ3n) is 3.82. The standard InChI is InChI=1S/C15H23NO2/c1-7-16(6)15(5,14(17)18)13-11(3)8-10(2)9-12(13)4/h8-9H,7H2,1-6H3,(H,17,18). The van der Waals surface area contributed by atoms with Gasteiger partial charge in [-0.1, -0.05) is 24.6 Å². The first-order valence-electron chi connectivity index (χ1n) is 6.28. The van der Waals surface area contributed by atoms with Gasteiger partial charge in [-0.05, 0) is 58.0 Å². The number of likely N-dealkylation sites (N-methyl/N-ethyl adjacent to an activating group) is 1. The predicted molar refractivity (Wildman–Crippen MR) is 73.9 cm³/mol. The zero-order chi connectivity index (χ0) is 14.1. The smallest absolute Gasteiger partial charge is 0.328 e. The fourth-order valence-electron chi connectivity index (χ4n) is 2.73. The number of benzene rings is 1. The lowest BCUT2D eigenvalue weighted by molar-refractivity contribution is -0.150. The summed E-state index contributed by atoms with van der Waals surface area (Å²) < 4.78 is 0. The Labute approximate surface area is 109 Å². The van der Waals surface area contributed by atoms with Crippen LogP contribution >= 0.6 is 0 Å². The first-order chi connectivity index (χ1) is 8.25. The number of aryl methyl sites for hydroxylation is 3. The maximum Gasteiger partial charge on any atom is 0.328 e. The summed E-state index contributed by atoms with van der Waals surface area (Å²) in [7, 11) is 1.85. The summed E-state index contributed by atoms with van der Waals surface area (Å²) in [4.78, 5) is 13.6. The SMILES string of the molecule is CCN(C)C(C)(C(=O)O)c1c(C)cc(C)cc1C. The molecular formula is C15H23NO2. The number of carboxylic acid groups (broad SMARTS) is 1. The van der Waals surface area contributed by atoms with Gasteiger partial charge in [-0.25, -0.2) is 4.79 Å². The molecule has 1 aromatic rings. The van der Waals surface area contributed by atoms with Crippen molar-refractivity contribution in [3.63, 3.8) is 0 Å². The van der Waals surface area contributed by atoms with Crippen LogP contribution in [0.5, 0.6) is 0 Å². The molecule has 0 aromatic heterocycles. The zero-order valence-corrected chi connectivity index (χ0v) is 12.2. The zero-order valence-electron chi connectivity index (χ0n) is 12.2. The molecule has 0 fully saturated rings. The normalized spacial score (nSPS) is 14.6. The van der Waals surface area contributed by atoms with Gasteiger partial charge < -0.3 is 5.11 Å². The number of hydrogen-bond acceptors (Lipinski definition) is 2. The van der Waals surface area contributed by atoms with E-state index in [1.165, 1.54) is 5.56 Å². The fraction of sp³-hybridized carbons (Fsp3) is 0.533. The van der Waals surface area contributed by atoms with Crippen LogP contribution < -0.4 is 0 Å². The predicted octanol–water partition coefficient (Wildman–Crippen LogP) is 2.86. The highest BCUT2D eigenvalue weighted by atomic mass is 16.4. The quantitative estimate of drug-likeness (QED) is 0.892. The Hall–Kier alpha value is -1.35. The van der Waals surface area contributed by atoms with Gasteiger partial charge in [0.1, 0.15) is 5.54 Å². The average Bonchev–Trinajstić information content (AvgIpc) is 2.25. The minimum Gasteiger partial charge on any atom is -0.480 e. The van der Waals surface area contributed by atoms with Crippen molar-refractivity contribution in [3.05, 3.63) is 34.4 Å². The van der Waals surface area contributed by atoms with Crippen molar-refractivity contribution < 1.29 is 9.90 Å². The molecule has 1 unspecified atom stereocenters. The van der Waals surface area contributed by atoms with E-state index >= 15 is 0 Å². The van der Waals surface area contributed by atoms with Gasteiger partial charge in [-0.3, -0.25) is 4.90 Å². The lowest BCUT2D eigenvalue weighted by atomic mass is 9.83. The Morgan fingerprint density at radius 2 is 1.72 bits per heavy atom. The van der Waals surface area contributed by atoms with Crippen LogP contribution in [0.1, 0.15) is 36.1 Å². The van der Waals surface area contributed by atoms with Gasteiger partial charge in [-0.2, -0.15) is 0 Å². The van der Waals surface area contributed by atoms with E-state index in [-0.39, 0.29) is 0 Å². The second-order valence-corrected chi connectivity index (χ2v) is 5.17. The van der Waals surface area contributed by atoms with Crippen LogP contribution in [0.15, 0.2) is 12.1 Å². The van der Waals surface area contributed by atoms with Crippen LogP contribution in [0.25, 0.3) is 0 Å². The van der Waals surface area contributed by atoms with Crippen LogP contribution in [-0.2, 0) is 10.3 Å². The van der Waals surface area contributed by atoms with Gasteiger partial charge in [0, 0.05) is 0 Å². The van der Waals surface area contributed by atoms with Crippen molar-refractivity contribution in [2.45, 2.75) is 40.2 Å². The van der Waals surface area contributed by atoms with E-state index in [2.05, 4.69) is 0 Å². The maximum atomic E-state index is 11.8. The van der Waals surface area contributed by atoms with E-state index in [0.29, 0.717) is 6.54 Å². The second-order valence-electron chi connectivity index (χ2n) is 5.17. The molecule has 0 aliphatic rings. The molecule has 100 valence electrons. The van der Waals surface area contributed by atoms with Gasteiger partial charge in [0.25, 0.3) is 0 Å². The summed E-state index contributed by atoms with van der Waals surface area (Å²) in [6.45, 7) is 10.4. The van der Waals surface area contributed by atoms with Crippen molar-refractivity contribution >= 4 is 5.97 Å². The van der Waals surface area contributed by atoms with Crippen molar-refractivity contribution in [2.75, 3.05) is 13.6 Å². The summed E-state index contributed by atoms with van der Waals surface area (Å²) in [5.74, 6) is -0.804. The Bertz CT molecular complexity index is 445. The first kappa shape index (κ1) is 14.7.